The molecule has 15 heavy (non-hydrogen) atoms. The van der Waals surface area contributed by atoms with Gasteiger partial charge in [0.15, 0.2) is 0 Å². The lowest BCUT2D eigenvalue weighted by molar-refractivity contribution is 0.256. The highest BCUT2D eigenvalue weighted by Gasteiger charge is 2.23. The van der Waals surface area contributed by atoms with Gasteiger partial charge in [0.05, 0.1) is 6.61 Å². The van der Waals surface area contributed by atoms with Crippen LogP contribution in [0.1, 0.15) is 32.6 Å². The average molecular weight is 232 g/mol. The predicted molar refractivity (Wildman–Crippen MR) is 67.2 cm³/mol. The first-order chi connectivity index (χ1) is 7.17. The Labute approximate surface area is 97.2 Å². The quantitative estimate of drug-likeness (QED) is 0.661. The molecule has 4 unspecified atom stereocenters. The standard InChI is InChI=1S/C11H24N2OS/c1-8(11(7-14)15-2)13-10-5-3-4-9(12)6-10/h8-11,13-14H,3-7,12H2,1-2H3. The van der Waals surface area contributed by atoms with Crippen LogP contribution in [0.3, 0.4) is 0 Å². The van der Waals surface area contributed by atoms with Crippen LogP contribution in [0.5, 0.6) is 0 Å². The molecule has 1 saturated carbocycles. The van der Waals surface area contributed by atoms with Gasteiger partial charge in [-0.3, -0.25) is 0 Å². The molecule has 4 N–H and O–H groups in total. The van der Waals surface area contributed by atoms with Crippen LogP contribution in [-0.2, 0) is 0 Å². The Morgan fingerprint density at radius 2 is 2.27 bits per heavy atom. The molecule has 1 rings (SSSR count). The Kier molecular flexibility index (Phi) is 5.97. The summed E-state index contributed by atoms with van der Waals surface area (Å²) in [5, 5.41) is 13.1. The zero-order chi connectivity index (χ0) is 11.3. The normalized spacial score (nSPS) is 31.2. The summed E-state index contributed by atoms with van der Waals surface area (Å²) in [5.41, 5.74) is 5.95. The van der Waals surface area contributed by atoms with E-state index >= 15 is 0 Å². The van der Waals surface area contributed by atoms with E-state index in [4.69, 9.17) is 5.73 Å². The number of rotatable bonds is 5. The molecule has 1 fully saturated rings. The first-order valence-electron chi connectivity index (χ1n) is 5.82. The molecular weight excluding hydrogens is 208 g/mol. The van der Waals surface area contributed by atoms with Crippen LogP contribution in [0.2, 0.25) is 0 Å². The van der Waals surface area contributed by atoms with Crippen molar-refractivity contribution in [3.8, 4) is 0 Å². The number of hydrogen-bond donors (Lipinski definition) is 3. The lowest BCUT2D eigenvalue weighted by Crippen LogP contribution is -2.47. The highest BCUT2D eigenvalue weighted by Crippen LogP contribution is 2.19. The molecule has 0 spiro atoms. The molecule has 0 amide bonds. The second-order valence-corrected chi connectivity index (χ2v) is 5.61. The summed E-state index contributed by atoms with van der Waals surface area (Å²) in [7, 11) is 0. The van der Waals surface area contributed by atoms with E-state index in [9.17, 15) is 5.11 Å². The lowest BCUT2D eigenvalue weighted by atomic mass is 9.91. The van der Waals surface area contributed by atoms with Crippen molar-refractivity contribution in [1.82, 2.24) is 5.32 Å². The van der Waals surface area contributed by atoms with Gasteiger partial charge >= 0.3 is 0 Å². The third kappa shape index (κ3) is 4.31. The third-order valence-corrected chi connectivity index (χ3v) is 4.42. The molecular formula is C11H24N2OS. The number of hydrogen-bond acceptors (Lipinski definition) is 4. The van der Waals surface area contributed by atoms with E-state index in [1.165, 1.54) is 19.3 Å². The van der Waals surface area contributed by atoms with E-state index in [0.717, 1.165) is 6.42 Å². The van der Waals surface area contributed by atoms with Crippen molar-refractivity contribution in [2.45, 2.75) is 56.0 Å². The second kappa shape index (κ2) is 6.74. The van der Waals surface area contributed by atoms with Crippen molar-refractivity contribution >= 4 is 11.8 Å². The number of aliphatic hydroxyl groups excluding tert-OH is 1. The van der Waals surface area contributed by atoms with E-state index in [1.54, 1.807) is 11.8 Å². The number of nitrogens with one attached hydrogen (secondary N) is 1. The molecule has 4 atom stereocenters. The molecule has 0 aromatic heterocycles. The molecule has 4 heteroatoms. The smallest absolute Gasteiger partial charge is 0.0564 e. The molecule has 0 heterocycles. The maximum Gasteiger partial charge on any atom is 0.0564 e. The van der Waals surface area contributed by atoms with Gasteiger partial charge in [0.25, 0.3) is 0 Å². The van der Waals surface area contributed by atoms with Crippen LogP contribution in [-0.4, -0.2) is 41.3 Å². The van der Waals surface area contributed by atoms with Gasteiger partial charge < -0.3 is 16.2 Å². The highest BCUT2D eigenvalue weighted by atomic mass is 32.2. The molecule has 1 aliphatic carbocycles. The van der Waals surface area contributed by atoms with E-state index in [2.05, 4.69) is 12.2 Å². The molecule has 0 aromatic rings. The summed E-state index contributed by atoms with van der Waals surface area (Å²) in [5.74, 6) is 0. The van der Waals surface area contributed by atoms with Crippen LogP contribution in [0, 0.1) is 0 Å². The Morgan fingerprint density at radius 1 is 1.53 bits per heavy atom. The van der Waals surface area contributed by atoms with Crippen molar-refractivity contribution in [1.29, 1.82) is 0 Å². The lowest BCUT2D eigenvalue weighted by Gasteiger charge is -2.32. The Bertz CT molecular complexity index is 176. The summed E-state index contributed by atoms with van der Waals surface area (Å²) in [6.07, 6.45) is 6.75. The van der Waals surface area contributed by atoms with Gasteiger partial charge in [-0.15, -0.1) is 0 Å². The number of aliphatic hydroxyl groups is 1. The second-order valence-electron chi connectivity index (χ2n) is 4.54. The van der Waals surface area contributed by atoms with Crippen molar-refractivity contribution in [2.75, 3.05) is 12.9 Å². The molecule has 1 aliphatic rings. The first kappa shape index (κ1) is 13.3. The highest BCUT2D eigenvalue weighted by molar-refractivity contribution is 7.99. The topological polar surface area (TPSA) is 58.3 Å². The van der Waals surface area contributed by atoms with E-state index in [0.29, 0.717) is 23.4 Å². The monoisotopic (exact) mass is 232 g/mol. The minimum absolute atomic E-state index is 0.244. The molecule has 3 nitrogen and oxygen atoms in total. The average Bonchev–Trinajstić information content (AvgIpc) is 2.19. The largest absolute Gasteiger partial charge is 0.395 e. The van der Waals surface area contributed by atoms with Crippen LogP contribution in [0.25, 0.3) is 0 Å². The van der Waals surface area contributed by atoms with Gasteiger partial charge in [-0.1, -0.05) is 6.42 Å². The maximum absolute atomic E-state index is 9.19. The number of thioether (sulfide) groups is 1. The third-order valence-electron chi connectivity index (χ3n) is 3.25. The summed E-state index contributed by atoms with van der Waals surface area (Å²) in [4.78, 5) is 0. The summed E-state index contributed by atoms with van der Waals surface area (Å²) < 4.78 is 0. The van der Waals surface area contributed by atoms with Crippen molar-refractivity contribution in [3.63, 3.8) is 0 Å². The van der Waals surface area contributed by atoms with Crippen molar-refractivity contribution in [3.05, 3.63) is 0 Å². The first-order valence-corrected chi connectivity index (χ1v) is 7.11. The fourth-order valence-electron chi connectivity index (χ4n) is 2.29. The van der Waals surface area contributed by atoms with Gasteiger partial charge in [0.2, 0.25) is 0 Å². The molecule has 0 radical (unpaired) electrons. The van der Waals surface area contributed by atoms with Gasteiger partial charge in [0, 0.05) is 23.4 Å². The Balaban J connectivity index is 2.32. The van der Waals surface area contributed by atoms with E-state index in [-0.39, 0.29) is 6.61 Å². The van der Waals surface area contributed by atoms with Crippen molar-refractivity contribution < 1.29 is 5.11 Å². The van der Waals surface area contributed by atoms with Crippen LogP contribution >= 0.6 is 11.8 Å². The summed E-state index contributed by atoms with van der Waals surface area (Å²) >= 11 is 1.72. The fourth-order valence-corrected chi connectivity index (χ4v) is 2.93. The number of nitrogens with two attached hydrogens (primary N) is 1. The molecule has 0 aromatic carbocycles. The maximum atomic E-state index is 9.19. The van der Waals surface area contributed by atoms with Crippen LogP contribution in [0.4, 0.5) is 0 Å². The van der Waals surface area contributed by atoms with E-state index in [1.807, 2.05) is 6.26 Å². The fraction of sp³-hybridized carbons (Fsp3) is 1.00. The predicted octanol–water partition coefficient (Wildman–Crippen LogP) is 0.958. The molecule has 0 saturated heterocycles. The Morgan fingerprint density at radius 3 is 2.80 bits per heavy atom. The van der Waals surface area contributed by atoms with Crippen LogP contribution < -0.4 is 11.1 Å². The minimum Gasteiger partial charge on any atom is -0.395 e. The SMILES string of the molecule is CSC(CO)C(C)NC1CCCC(N)C1. The minimum atomic E-state index is 0.244. The Hall–Kier alpha value is 0.230. The summed E-state index contributed by atoms with van der Waals surface area (Å²) in [6.45, 7) is 2.39. The zero-order valence-corrected chi connectivity index (χ0v) is 10.6. The van der Waals surface area contributed by atoms with Gasteiger partial charge in [0.1, 0.15) is 0 Å². The van der Waals surface area contributed by atoms with Gasteiger partial charge in [-0.05, 0) is 32.4 Å². The van der Waals surface area contributed by atoms with Crippen LogP contribution in [0.15, 0.2) is 0 Å². The van der Waals surface area contributed by atoms with Gasteiger partial charge in [-0.2, -0.15) is 11.8 Å². The zero-order valence-electron chi connectivity index (χ0n) is 9.78. The van der Waals surface area contributed by atoms with E-state index < -0.39 is 0 Å². The molecule has 0 aliphatic heterocycles. The molecule has 90 valence electrons. The van der Waals surface area contributed by atoms with Gasteiger partial charge in [-0.25, -0.2) is 0 Å². The van der Waals surface area contributed by atoms with Crippen molar-refractivity contribution in [2.24, 2.45) is 5.73 Å². The molecule has 0 bridgehead atoms. The summed E-state index contributed by atoms with van der Waals surface area (Å²) in [6, 6.07) is 1.27.